The van der Waals surface area contributed by atoms with Crippen LogP contribution in [0.5, 0.6) is 0 Å². The van der Waals surface area contributed by atoms with Crippen molar-refractivity contribution in [1.29, 1.82) is 0 Å². The number of furan rings is 1. The number of rotatable bonds is 5. The molecule has 1 heterocycles. The number of benzene rings is 1. The van der Waals surface area contributed by atoms with E-state index in [-0.39, 0.29) is 6.04 Å². The van der Waals surface area contributed by atoms with Crippen molar-refractivity contribution in [1.82, 2.24) is 5.32 Å². The minimum absolute atomic E-state index is 0.153. The van der Waals surface area contributed by atoms with Crippen LogP contribution in [0.2, 0.25) is 0 Å². The Morgan fingerprint density at radius 3 is 2.63 bits per heavy atom. The summed E-state index contributed by atoms with van der Waals surface area (Å²) in [5, 5.41) is 3.35. The fourth-order valence-corrected chi connectivity index (χ4v) is 2.85. The van der Waals surface area contributed by atoms with Crippen molar-refractivity contribution in [2.24, 2.45) is 5.92 Å². The second kappa shape index (κ2) is 6.40. The van der Waals surface area contributed by atoms with Gasteiger partial charge in [-0.2, -0.15) is 0 Å². The topological polar surface area (TPSA) is 25.2 Å². The molecule has 1 unspecified atom stereocenters. The van der Waals surface area contributed by atoms with Gasteiger partial charge < -0.3 is 9.73 Å². The van der Waals surface area contributed by atoms with Crippen LogP contribution in [0.4, 0.5) is 0 Å². The van der Waals surface area contributed by atoms with Gasteiger partial charge in [-0.05, 0) is 52.5 Å². The van der Waals surface area contributed by atoms with Gasteiger partial charge in [0.05, 0.1) is 12.3 Å². The third-order valence-electron chi connectivity index (χ3n) is 3.17. The zero-order valence-electron chi connectivity index (χ0n) is 11.6. The van der Waals surface area contributed by atoms with Crippen LogP contribution < -0.4 is 5.32 Å². The molecular weight excluding hydrogens is 302 g/mol. The van der Waals surface area contributed by atoms with E-state index in [4.69, 9.17) is 4.42 Å². The lowest BCUT2D eigenvalue weighted by atomic mass is 9.96. The fourth-order valence-electron chi connectivity index (χ4n) is 2.38. The normalized spacial score (nSPS) is 12.9. The first-order valence-electron chi connectivity index (χ1n) is 6.60. The highest BCUT2D eigenvalue weighted by Crippen LogP contribution is 2.29. The quantitative estimate of drug-likeness (QED) is 0.874. The molecule has 0 aliphatic carbocycles. The summed E-state index contributed by atoms with van der Waals surface area (Å²) in [7, 11) is 1.97. The zero-order chi connectivity index (χ0) is 13.8. The molecule has 0 saturated heterocycles. The summed E-state index contributed by atoms with van der Waals surface area (Å²) in [4.78, 5) is 0. The summed E-state index contributed by atoms with van der Waals surface area (Å²) in [6, 6.07) is 10.9. The highest BCUT2D eigenvalue weighted by molar-refractivity contribution is 9.10. The van der Waals surface area contributed by atoms with Gasteiger partial charge >= 0.3 is 0 Å². The second-order valence-corrected chi connectivity index (χ2v) is 5.93. The summed E-state index contributed by atoms with van der Waals surface area (Å²) in [6.07, 6.45) is 2.82. The summed E-state index contributed by atoms with van der Waals surface area (Å²) < 4.78 is 6.13. The third kappa shape index (κ3) is 3.48. The molecule has 102 valence electrons. The Hall–Kier alpha value is -1.06. The molecule has 2 nitrogen and oxygen atoms in total. The first-order valence-corrected chi connectivity index (χ1v) is 7.40. The van der Waals surface area contributed by atoms with Gasteiger partial charge in [-0.3, -0.25) is 0 Å². The highest BCUT2D eigenvalue weighted by Gasteiger charge is 2.17. The van der Waals surface area contributed by atoms with Crippen LogP contribution >= 0.6 is 15.9 Å². The van der Waals surface area contributed by atoms with Crippen LogP contribution in [0, 0.1) is 5.92 Å². The fraction of sp³-hybridized carbons (Fsp3) is 0.375. The Morgan fingerprint density at radius 1 is 1.26 bits per heavy atom. The molecule has 0 aliphatic heterocycles. The minimum Gasteiger partial charge on any atom is -0.457 e. The molecule has 0 saturated carbocycles. The van der Waals surface area contributed by atoms with Gasteiger partial charge in [0, 0.05) is 5.56 Å². The predicted octanol–water partition coefficient (Wildman–Crippen LogP) is 4.55. The van der Waals surface area contributed by atoms with E-state index in [1.54, 1.807) is 6.26 Å². The molecule has 0 aliphatic rings. The molecule has 3 heteroatoms. The van der Waals surface area contributed by atoms with E-state index in [9.17, 15) is 0 Å². The predicted molar refractivity (Wildman–Crippen MR) is 82.3 cm³/mol. The van der Waals surface area contributed by atoms with Gasteiger partial charge in [0.1, 0.15) is 0 Å². The van der Waals surface area contributed by atoms with E-state index in [0.29, 0.717) is 5.92 Å². The first-order chi connectivity index (χ1) is 9.11. The van der Waals surface area contributed by atoms with Crippen molar-refractivity contribution < 1.29 is 4.42 Å². The molecule has 1 atom stereocenters. The molecule has 0 amide bonds. The molecule has 0 radical (unpaired) electrons. The number of nitrogens with one attached hydrogen (secondary N) is 1. The lowest BCUT2D eigenvalue weighted by Crippen LogP contribution is -2.17. The SMILES string of the molecule is CNC(c1cccc(CC(C)C)c1)c1ccoc1Br. The molecule has 1 aromatic carbocycles. The first kappa shape index (κ1) is 14.4. The maximum Gasteiger partial charge on any atom is 0.174 e. The van der Waals surface area contributed by atoms with Crippen LogP contribution in [0.15, 0.2) is 45.7 Å². The summed E-state index contributed by atoms with van der Waals surface area (Å²) in [6.45, 7) is 4.49. The lowest BCUT2D eigenvalue weighted by molar-refractivity contribution is 0.530. The lowest BCUT2D eigenvalue weighted by Gasteiger charge is -2.17. The average Bonchev–Trinajstić information content (AvgIpc) is 2.77. The Labute approximate surface area is 123 Å². The third-order valence-corrected chi connectivity index (χ3v) is 3.82. The number of hydrogen-bond acceptors (Lipinski definition) is 2. The Kier molecular flexibility index (Phi) is 4.83. The average molecular weight is 322 g/mol. The molecule has 19 heavy (non-hydrogen) atoms. The smallest absolute Gasteiger partial charge is 0.174 e. The second-order valence-electron chi connectivity index (χ2n) is 5.21. The van der Waals surface area contributed by atoms with Gasteiger partial charge in [0.15, 0.2) is 4.67 Å². The molecule has 2 aromatic rings. The van der Waals surface area contributed by atoms with Crippen molar-refractivity contribution >= 4 is 15.9 Å². The number of halogens is 1. The van der Waals surface area contributed by atoms with E-state index in [2.05, 4.69) is 59.4 Å². The molecular formula is C16H20BrNO. The Bertz CT molecular complexity index is 533. The van der Waals surface area contributed by atoms with Crippen LogP contribution in [-0.2, 0) is 6.42 Å². The van der Waals surface area contributed by atoms with Gasteiger partial charge in [0.2, 0.25) is 0 Å². The standard InChI is InChI=1S/C16H20BrNO/c1-11(2)9-12-5-4-6-13(10-12)15(18-3)14-7-8-19-16(14)17/h4-8,10-11,15,18H,9H2,1-3H3. The van der Waals surface area contributed by atoms with E-state index in [0.717, 1.165) is 16.7 Å². The molecule has 2 rings (SSSR count). The molecule has 0 fully saturated rings. The van der Waals surface area contributed by atoms with Crippen LogP contribution in [0.1, 0.15) is 36.6 Å². The van der Waals surface area contributed by atoms with Crippen molar-refractivity contribution in [2.75, 3.05) is 7.05 Å². The van der Waals surface area contributed by atoms with E-state index in [1.807, 2.05) is 13.1 Å². The summed E-state index contributed by atoms with van der Waals surface area (Å²) in [5.41, 5.74) is 3.78. The van der Waals surface area contributed by atoms with E-state index < -0.39 is 0 Å². The number of hydrogen-bond donors (Lipinski definition) is 1. The van der Waals surface area contributed by atoms with Gasteiger partial charge in [-0.1, -0.05) is 38.1 Å². The van der Waals surface area contributed by atoms with Crippen LogP contribution in [0.25, 0.3) is 0 Å². The van der Waals surface area contributed by atoms with Gasteiger partial charge in [-0.25, -0.2) is 0 Å². The van der Waals surface area contributed by atoms with Crippen molar-refractivity contribution in [3.63, 3.8) is 0 Å². The van der Waals surface area contributed by atoms with Crippen molar-refractivity contribution in [3.05, 3.63) is 58.0 Å². The Balaban J connectivity index is 2.31. The van der Waals surface area contributed by atoms with E-state index in [1.165, 1.54) is 11.1 Å². The maximum atomic E-state index is 5.34. The summed E-state index contributed by atoms with van der Waals surface area (Å²) >= 11 is 3.46. The molecule has 1 N–H and O–H groups in total. The van der Waals surface area contributed by atoms with Crippen LogP contribution in [0.3, 0.4) is 0 Å². The summed E-state index contributed by atoms with van der Waals surface area (Å²) in [5.74, 6) is 0.670. The highest BCUT2D eigenvalue weighted by atomic mass is 79.9. The van der Waals surface area contributed by atoms with E-state index >= 15 is 0 Å². The maximum absolute atomic E-state index is 5.34. The molecule has 0 spiro atoms. The van der Waals surface area contributed by atoms with Crippen molar-refractivity contribution in [2.45, 2.75) is 26.3 Å². The molecule has 0 bridgehead atoms. The Morgan fingerprint density at radius 2 is 2.05 bits per heavy atom. The largest absolute Gasteiger partial charge is 0.457 e. The van der Waals surface area contributed by atoms with Gasteiger partial charge in [-0.15, -0.1) is 0 Å². The zero-order valence-corrected chi connectivity index (χ0v) is 13.2. The minimum atomic E-state index is 0.153. The van der Waals surface area contributed by atoms with Crippen molar-refractivity contribution in [3.8, 4) is 0 Å². The monoisotopic (exact) mass is 321 g/mol. The van der Waals surface area contributed by atoms with Gasteiger partial charge in [0.25, 0.3) is 0 Å². The molecule has 1 aromatic heterocycles. The van der Waals surface area contributed by atoms with Crippen LogP contribution in [-0.4, -0.2) is 7.05 Å².